The molecule has 2 heterocycles. The summed E-state index contributed by atoms with van der Waals surface area (Å²) in [6.07, 6.45) is 3.16. The van der Waals surface area contributed by atoms with Crippen molar-refractivity contribution in [1.82, 2.24) is 14.2 Å². The van der Waals surface area contributed by atoms with E-state index in [4.69, 9.17) is 4.74 Å². The van der Waals surface area contributed by atoms with Crippen LogP contribution in [-0.4, -0.2) is 32.7 Å². The molecule has 0 unspecified atom stereocenters. The van der Waals surface area contributed by atoms with Gasteiger partial charge in [0.1, 0.15) is 12.1 Å². The van der Waals surface area contributed by atoms with Crippen LogP contribution in [0.4, 0.5) is 5.69 Å². The van der Waals surface area contributed by atoms with E-state index >= 15 is 0 Å². The van der Waals surface area contributed by atoms with Crippen LogP contribution in [0, 0.1) is 0 Å². The predicted molar refractivity (Wildman–Crippen MR) is 116 cm³/mol. The number of nitrogens with zero attached hydrogens (tertiary/aromatic N) is 3. The highest BCUT2D eigenvalue weighted by Gasteiger charge is 2.12. The SMILES string of the molecule is CCOC(=O)c1cccc(NC(=O)Cn2ccn3nc(-c4ccccc4)cc3c2=O)c1. The number of anilines is 1. The Morgan fingerprint density at radius 3 is 2.61 bits per heavy atom. The van der Waals surface area contributed by atoms with Crippen molar-refractivity contribution in [2.75, 3.05) is 11.9 Å². The van der Waals surface area contributed by atoms with E-state index in [0.717, 1.165) is 5.56 Å². The van der Waals surface area contributed by atoms with Crippen LogP contribution < -0.4 is 10.9 Å². The number of rotatable bonds is 6. The minimum atomic E-state index is -0.463. The third-order valence-corrected chi connectivity index (χ3v) is 4.64. The average molecular weight is 416 g/mol. The molecule has 0 saturated carbocycles. The van der Waals surface area contributed by atoms with Gasteiger partial charge in [0.25, 0.3) is 5.56 Å². The van der Waals surface area contributed by atoms with Gasteiger partial charge in [0.15, 0.2) is 0 Å². The number of carbonyl (C=O) groups excluding carboxylic acids is 2. The minimum absolute atomic E-state index is 0.176. The number of nitrogens with one attached hydrogen (secondary N) is 1. The first kappa shape index (κ1) is 20.1. The fourth-order valence-corrected chi connectivity index (χ4v) is 3.19. The topological polar surface area (TPSA) is 94.7 Å². The Kier molecular flexibility index (Phi) is 5.61. The van der Waals surface area contributed by atoms with Crippen molar-refractivity contribution in [3.8, 4) is 11.3 Å². The summed E-state index contributed by atoms with van der Waals surface area (Å²) < 4.78 is 7.79. The van der Waals surface area contributed by atoms with Crippen LogP contribution in [0.2, 0.25) is 0 Å². The molecule has 0 bridgehead atoms. The lowest BCUT2D eigenvalue weighted by Gasteiger charge is -2.09. The molecule has 0 fully saturated rings. The highest BCUT2D eigenvalue weighted by atomic mass is 16.5. The number of aromatic nitrogens is 3. The molecule has 1 amide bonds. The fourth-order valence-electron chi connectivity index (χ4n) is 3.19. The molecule has 0 aliphatic carbocycles. The lowest BCUT2D eigenvalue weighted by Crippen LogP contribution is -2.28. The van der Waals surface area contributed by atoms with Gasteiger partial charge in [-0.25, -0.2) is 9.31 Å². The van der Waals surface area contributed by atoms with Crippen molar-refractivity contribution in [1.29, 1.82) is 0 Å². The number of fused-ring (bicyclic) bond motifs is 1. The van der Waals surface area contributed by atoms with Crippen molar-refractivity contribution in [2.24, 2.45) is 0 Å². The number of amides is 1. The van der Waals surface area contributed by atoms with Crippen molar-refractivity contribution in [3.63, 3.8) is 0 Å². The van der Waals surface area contributed by atoms with Gasteiger partial charge in [-0.3, -0.25) is 9.59 Å². The molecule has 0 aliphatic heterocycles. The average Bonchev–Trinajstić information content (AvgIpc) is 3.22. The monoisotopic (exact) mass is 416 g/mol. The molecule has 0 spiro atoms. The van der Waals surface area contributed by atoms with Crippen LogP contribution in [0.25, 0.3) is 16.8 Å². The standard InChI is InChI=1S/C23H20N4O4/c1-2-31-23(30)17-9-6-10-18(13-17)24-21(28)15-26-11-12-27-20(22(26)29)14-19(25-27)16-7-4-3-5-8-16/h3-14H,2,15H2,1H3,(H,24,28). The molecule has 4 aromatic rings. The van der Waals surface area contributed by atoms with Crippen LogP contribution >= 0.6 is 0 Å². The van der Waals surface area contributed by atoms with E-state index in [1.165, 1.54) is 21.3 Å². The van der Waals surface area contributed by atoms with Crippen molar-refractivity contribution >= 4 is 23.1 Å². The van der Waals surface area contributed by atoms with Crippen molar-refractivity contribution in [2.45, 2.75) is 13.5 Å². The zero-order valence-corrected chi connectivity index (χ0v) is 16.8. The Hall–Kier alpha value is -4.20. The first-order chi connectivity index (χ1) is 15.0. The van der Waals surface area contributed by atoms with Crippen LogP contribution in [0.1, 0.15) is 17.3 Å². The summed E-state index contributed by atoms with van der Waals surface area (Å²) in [5.74, 6) is -0.856. The normalized spacial score (nSPS) is 10.7. The lowest BCUT2D eigenvalue weighted by atomic mass is 10.1. The first-order valence-electron chi connectivity index (χ1n) is 9.76. The van der Waals surface area contributed by atoms with Crippen LogP contribution in [0.5, 0.6) is 0 Å². The fraction of sp³-hybridized carbons (Fsp3) is 0.130. The molecule has 2 aromatic heterocycles. The maximum Gasteiger partial charge on any atom is 0.338 e. The van der Waals surface area contributed by atoms with Gasteiger partial charge in [0.2, 0.25) is 5.91 Å². The van der Waals surface area contributed by atoms with E-state index < -0.39 is 11.9 Å². The minimum Gasteiger partial charge on any atom is -0.462 e. The number of hydrogen-bond donors (Lipinski definition) is 1. The third kappa shape index (κ3) is 4.37. The van der Waals surface area contributed by atoms with Gasteiger partial charge in [0.05, 0.1) is 17.9 Å². The highest BCUT2D eigenvalue weighted by Crippen LogP contribution is 2.17. The number of benzene rings is 2. The largest absolute Gasteiger partial charge is 0.462 e. The molecule has 8 heteroatoms. The molecule has 0 aliphatic rings. The molecule has 8 nitrogen and oxygen atoms in total. The molecular weight excluding hydrogens is 396 g/mol. The summed E-state index contributed by atoms with van der Waals surface area (Å²) in [7, 11) is 0. The van der Waals surface area contributed by atoms with E-state index in [1.54, 1.807) is 37.4 Å². The van der Waals surface area contributed by atoms with E-state index in [2.05, 4.69) is 10.4 Å². The summed E-state index contributed by atoms with van der Waals surface area (Å²) in [6, 6.07) is 17.7. The van der Waals surface area contributed by atoms with Gasteiger partial charge in [0, 0.05) is 23.6 Å². The zero-order valence-electron chi connectivity index (χ0n) is 16.8. The summed E-state index contributed by atoms with van der Waals surface area (Å²) in [6.45, 7) is 1.81. The number of hydrogen-bond acceptors (Lipinski definition) is 5. The number of esters is 1. The predicted octanol–water partition coefficient (Wildman–Crippen LogP) is 2.98. The van der Waals surface area contributed by atoms with E-state index in [0.29, 0.717) is 22.5 Å². The molecule has 156 valence electrons. The third-order valence-electron chi connectivity index (χ3n) is 4.64. The summed E-state index contributed by atoms with van der Waals surface area (Å²) >= 11 is 0. The Morgan fingerprint density at radius 1 is 1.03 bits per heavy atom. The number of carbonyl (C=O) groups is 2. The molecule has 0 radical (unpaired) electrons. The van der Waals surface area contributed by atoms with E-state index in [-0.39, 0.29) is 18.7 Å². The van der Waals surface area contributed by atoms with Gasteiger partial charge < -0.3 is 14.6 Å². The second-order valence-electron chi connectivity index (χ2n) is 6.81. The highest BCUT2D eigenvalue weighted by molar-refractivity contribution is 5.94. The van der Waals surface area contributed by atoms with Gasteiger partial charge >= 0.3 is 5.97 Å². The molecule has 1 N–H and O–H groups in total. The second kappa shape index (κ2) is 8.66. The lowest BCUT2D eigenvalue weighted by molar-refractivity contribution is -0.116. The maximum absolute atomic E-state index is 12.8. The number of ether oxygens (including phenoxy) is 1. The Morgan fingerprint density at radius 2 is 1.84 bits per heavy atom. The molecule has 31 heavy (non-hydrogen) atoms. The van der Waals surface area contributed by atoms with Crippen LogP contribution in [0.3, 0.4) is 0 Å². The first-order valence-corrected chi connectivity index (χ1v) is 9.76. The Bertz CT molecular complexity index is 1310. The maximum atomic E-state index is 12.8. The quantitative estimate of drug-likeness (QED) is 0.488. The molecule has 4 rings (SSSR count). The smallest absolute Gasteiger partial charge is 0.338 e. The van der Waals surface area contributed by atoms with Gasteiger partial charge in [-0.2, -0.15) is 5.10 Å². The molecular formula is C23H20N4O4. The second-order valence-corrected chi connectivity index (χ2v) is 6.81. The molecule has 0 saturated heterocycles. The van der Waals surface area contributed by atoms with E-state index in [9.17, 15) is 14.4 Å². The van der Waals surface area contributed by atoms with Gasteiger partial charge in [-0.1, -0.05) is 36.4 Å². The van der Waals surface area contributed by atoms with Gasteiger partial charge in [-0.05, 0) is 31.2 Å². The summed E-state index contributed by atoms with van der Waals surface area (Å²) in [4.78, 5) is 37.2. The summed E-state index contributed by atoms with van der Waals surface area (Å²) in [5.41, 5.74) is 2.41. The van der Waals surface area contributed by atoms with Gasteiger partial charge in [-0.15, -0.1) is 0 Å². The van der Waals surface area contributed by atoms with E-state index in [1.807, 2.05) is 30.3 Å². The zero-order chi connectivity index (χ0) is 21.8. The summed E-state index contributed by atoms with van der Waals surface area (Å²) in [5, 5.41) is 7.14. The molecule has 2 aromatic carbocycles. The van der Waals surface area contributed by atoms with Crippen molar-refractivity contribution < 1.29 is 14.3 Å². The molecule has 0 atom stereocenters. The van der Waals surface area contributed by atoms with Crippen LogP contribution in [0.15, 0.2) is 77.9 Å². The van der Waals surface area contributed by atoms with Crippen LogP contribution in [-0.2, 0) is 16.1 Å². The van der Waals surface area contributed by atoms with Crippen molar-refractivity contribution in [3.05, 3.63) is 89.0 Å². The Balaban J connectivity index is 1.53. The Labute approximate surface area is 177 Å².